The van der Waals surface area contributed by atoms with Gasteiger partial charge in [-0.25, -0.2) is 0 Å². The number of fused-ring (bicyclic) bond motifs is 1. The van der Waals surface area contributed by atoms with Crippen molar-refractivity contribution in [1.29, 1.82) is 0 Å². The molecule has 0 radical (unpaired) electrons. The van der Waals surface area contributed by atoms with Gasteiger partial charge in [-0.15, -0.1) is 0 Å². The van der Waals surface area contributed by atoms with Crippen LogP contribution in [0.1, 0.15) is 19.4 Å². The highest BCUT2D eigenvalue weighted by Crippen LogP contribution is 2.44. The first kappa shape index (κ1) is 21.6. The molecule has 28 heavy (non-hydrogen) atoms. The lowest BCUT2D eigenvalue weighted by atomic mass is 10.2. The lowest BCUT2D eigenvalue weighted by Gasteiger charge is -2.19. The minimum atomic E-state index is 0.0744. The number of hydrogen-bond donors (Lipinski definition) is 0. The first-order chi connectivity index (χ1) is 13.7. The lowest BCUT2D eigenvalue weighted by Crippen LogP contribution is -2.19. The monoisotopic (exact) mass is 431 g/mol. The zero-order valence-corrected chi connectivity index (χ0v) is 19.1. The van der Waals surface area contributed by atoms with E-state index in [9.17, 15) is 0 Å². The third kappa shape index (κ3) is 5.94. The van der Waals surface area contributed by atoms with Gasteiger partial charge in [-0.3, -0.25) is 0 Å². The lowest BCUT2D eigenvalue weighted by molar-refractivity contribution is 0.119. The molecular formula is C23H27O2S3+. The fourth-order valence-electron chi connectivity index (χ4n) is 2.86. The molecule has 148 valence electrons. The summed E-state index contributed by atoms with van der Waals surface area (Å²) < 4.78 is 11.5. The molecule has 1 aliphatic rings. The minimum absolute atomic E-state index is 0.0744. The van der Waals surface area contributed by atoms with Gasteiger partial charge >= 0.3 is 0 Å². The fourth-order valence-corrected chi connectivity index (χ4v) is 7.22. The van der Waals surface area contributed by atoms with Crippen LogP contribution in [0.4, 0.5) is 0 Å². The highest BCUT2D eigenvalue weighted by atomic mass is 32.2. The number of thioether (sulfide) groups is 1. The van der Waals surface area contributed by atoms with E-state index in [4.69, 9.17) is 8.92 Å². The normalized spacial score (nSPS) is 16.6. The van der Waals surface area contributed by atoms with E-state index in [2.05, 4.69) is 81.5 Å². The second kappa shape index (κ2) is 11.2. The molecule has 0 amide bonds. The van der Waals surface area contributed by atoms with Crippen molar-refractivity contribution in [2.45, 2.75) is 35.5 Å². The number of allylic oxidation sites excluding steroid dienone is 3. The second-order valence-electron chi connectivity index (χ2n) is 6.39. The third-order valence-corrected chi connectivity index (χ3v) is 8.77. The molecule has 0 saturated carbocycles. The van der Waals surface area contributed by atoms with Gasteiger partial charge in [-0.2, -0.15) is 0 Å². The largest absolute Gasteiger partial charge is 0.374 e. The van der Waals surface area contributed by atoms with Crippen molar-refractivity contribution in [2.24, 2.45) is 0 Å². The molecule has 2 aromatic carbocycles. The molecule has 2 nitrogen and oxygen atoms in total. The maximum Gasteiger partial charge on any atom is 0.174 e. The van der Waals surface area contributed by atoms with Gasteiger partial charge in [-0.05, 0) is 51.1 Å². The van der Waals surface area contributed by atoms with Crippen molar-refractivity contribution < 1.29 is 8.92 Å². The maximum absolute atomic E-state index is 5.89. The zero-order chi connectivity index (χ0) is 19.8. The van der Waals surface area contributed by atoms with Gasteiger partial charge in [0.1, 0.15) is 5.75 Å². The molecule has 0 fully saturated rings. The summed E-state index contributed by atoms with van der Waals surface area (Å²) in [6, 6.07) is 17.1. The molecule has 1 heterocycles. The molecule has 0 bridgehead atoms. The Morgan fingerprint density at radius 1 is 1.00 bits per heavy atom. The predicted octanol–water partition coefficient (Wildman–Crippen LogP) is 6.63. The molecule has 0 saturated heterocycles. The fraction of sp³-hybridized carbons (Fsp3) is 0.304. The Bertz CT molecular complexity index is 828. The van der Waals surface area contributed by atoms with E-state index in [-0.39, 0.29) is 10.9 Å². The number of hydrogen-bond acceptors (Lipinski definition) is 4. The van der Waals surface area contributed by atoms with Gasteiger partial charge < -0.3 is 8.92 Å². The Hall–Kier alpha value is -1.11. The SMILES string of the molecule is C/C=C\C1=C(C)Sc2ccccc2[S+]1CCOCCOSc1ccc(C)cc1. The molecule has 1 unspecified atom stereocenters. The summed E-state index contributed by atoms with van der Waals surface area (Å²) >= 11 is 3.30. The van der Waals surface area contributed by atoms with E-state index < -0.39 is 0 Å². The average molecular weight is 432 g/mol. The van der Waals surface area contributed by atoms with E-state index in [1.807, 2.05) is 11.8 Å². The molecule has 0 spiro atoms. The van der Waals surface area contributed by atoms with E-state index in [0.29, 0.717) is 13.2 Å². The van der Waals surface area contributed by atoms with E-state index >= 15 is 0 Å². The summed E-state index contributed by atoms with van der Waals surface area (Å²) in [5.41, 5.74) is 1.26. The minimum Gasteiger partial charge on any atom is -0.374 e. The Balaban J connectivity index is 1.46. The van der Waals surface area contributed by atoms with Crippen LogP contribution in [0, 0.1) is 6.92 Å². The molecule has 0 aliphatic carbocycles. The van der Waals surface area contributed by atoms with Crippen LogP contribution >= 0.6 is 23.8 Å². The van der Waals surface area contributed by atoms with Crippen LogP contribution in [0.5, 0.6) is 0 Å². The molecule has 1 atom stereocenters. The van der Waals surface area contributed by atoms with Crippen molar-refractivity contribution in [3.63, 3.8) is 0 Å². The van der Waals surface area contributed by atoms with Crippen LogP contribution in [0.15, 0.2) is 85.2 Å². The van der Waals surface area contributed by atoms with Gasteiger partial charge in [0.25, 0.3) is 0 Å². The first-order valence-electron chi connectivity index (χ1n) is 9.44. The molecule has 3 rings (SSSR count). The maximum atomic E-state index is 5.89. The van der Waals surface area contributed by atoms with Gasteiger partial charge in [0, 0.05) is 21.8 Å². The molecule has 0 N–H and O–H groups in total. The summed E-state index contributed by atoms with van der Waals surface area (Å²) in [5, 5.41) is 0. The van der Waals surface area contributed by atoms with Crippen molar-refractivity contribution in [3.05, 3.63) is 76.1 Å². The van der Waals surface area contributed by atoms with E-state index in [1.54, 1.807) is 0 Å². The molecule has 1 aliphatic heterocycles. The van der Waals surface area contributed by atoms with Crippen LogP contribution in [0.2, 0.25) is 0 Å². The topological polar surface area (TPSA) is 18.5 Å². The van der Waals surface area contributed by atoms with Crippen molar-refractivity contribution in [1.82, 2.24) is 0 Å². The number of rotatable bonds is 9. The number of ether oxygens (including phenoxy) is 1. The molecule has 2 aromatic rings. The van der Waals surface area contributed by atoms with E-state index in [0.717, 1.165) is 17.3 Å². The van der Waals surface area contributed by atoms with Gasteiger partial charge in [0.15, 0.2) is 9.80 Å². The Kier molecular flexibility index (Phi) is 8.62. The van der Waals surface area contributed by atoms with E-state index in [1.165, 1.54) is 37.2 Å². The molecular weight excluding hydrogens is 404 g/mol. The van der Waals surface area contributed by atoms with Gasteiger partial charge in [-0.1, -0.05) is 47.7 Å². The van der Waals surface area contributed by atoms with Crippen LogP contribution < -0.4 is 0 Å². The Morgan fingerprint density at radius 2 is 1.79 bits per heavy atom. The Labute approximate surface area is 180 Å². The van der Waals surface area contributed by atoms with Crippen molar-refractivity contribution in [2.75, 3.05) is 25.6 Å². The summed E-state index contributed by atoms with van der Waals surface area (Å²) in [4.78, 5) is 6.80. The van der Waals surface area contributed by atoms with Crippen LogP contribution in [0.3, 0.4) is 0 Å². The zero-order valence-electron chi connectivity index (χ0n) is 16.6. The quantitative estimate of drug-likeness (QED) is 0.252. The molecule has 5 heteroatoms. The standard InChI is InChI=1S/C23H27O2S3/c1-4-7-22-19(3)26-21-8-5-6-9-23(21)28(22)17-16-24-14-15-25-27-20-12-10-18(2)11-13-20/h4-13H,14-17H2,1-3H3/q+1/b7-4-. The van der Waals surface area contributed by atoms with Crippen molar-refractivity contribution >= 4 is 34.7 Å². The number of benzene rings is 2. The van der Waals surface area contributed by atoms with Crippen LogP contribution in [0.25, 0.3) is 0 Å². The van der Waals surface area contributed by atoms with Crippen LogP contribution in [-0.2, 0) is 19.8 Å². The average Bonchev–Trinajstić information content (AvgIpc) is 2.70. The molecule has 0 aromatic heterocycles. The third-order valence-electron chi connectivity index (χ3n) is 4.23. The van der Waals surface area contributed by atoms with Gasteiger partial charge in [0.05, 0.1) is 35.6 Å². The second-order valence-corrected chi connectivity index (χ2v) is 10.6. The summed E-state index contributed by atoms with van der Waals surface area (Å²) in [5.74, 6) is 1.01. The number of aryl methyl sites for hydroxylation is 1. The highest BCUT2D eigenvalue weighted by Gasteiger charge is 2.34. The summed E-state index contributed by atoms with van der Waals surface area (Å²) in [6.45, 7) is 8.36. The smallest absolute Gasteiger partial charge is 0.174 e. The highest BCUT2D eigenvalue weighted by molar-refractivity contribution is 8.08. The van der Waals surface area contributed by atoms with Crippen molar-refractivity contribution in [3.8, 4) is 0 Å². The van der Waals surface area contributed by atoms with Crippen LogP contribution in [-0.4, -0.2) is 25.6 Å². The predicted molar refractivity (Wildman–Crippen MR) is 124 cm³/mol. The summed E-state index contributed by atoms with van der Waals surface area (Å²) in [7, 11) is 0.0744. The Morgan fingerprint density at radius 3 is 2.57 bits per heavy atom. The summed E-state index contributed by atoms with van der Waals surface area (Å²) in [6.07, 6.45) is 4.41. The van der Waals surface area contributed by atoms with Gasteiger partial charge in [0.2, 0.25) is 0 Å². The first-order valence-corrected chi connectivity index (χ1v) is 12.4.